The van der Waals surface area contributed by atoms with Gasteiger partial charge in [0.15, 0.2) is 0 Å². The summed E-state index contributed by atoms with van der Waals surface area (Å²) in [5.74, 6) is 0. The van der Waals surface area contributed by atoms with Crippen molar-refractivity contribution in [3.05, 3.63) is 0 Å². The van der Waals surface area contributed by atoms with E-state index in [0.717, 1.165) is 19.4 Å². The van der Waals surface area contributed by atoms with Crippen molar-refractivity contribution in [2.24, 2.45) is 0 Å². The molecule has 1 atom stereocenters. The van der Waals surface area contributed by atoms with Gasteiger partial charge in [-0.05, 0) is 33.4 Å². The van der Waals surface area contributed by atoms with Gasteiger partial charge in [-0.3, -0.25) is 4.90 Å². The topological polar surface area (TPSA) is 23.5 Å². The smallest absolute Gasteiger partial charge is 0.0612 e. The van der Waals surface area contributed by atoms with E-state index in [2.05, 4.69) is 32.7 Å². The normalized spacial score (nSPS) is 16.9. The van der Waals surface area contributed by atoms with Crippen molar-refractivity contribution >= 4 is 0 Å². The van der Waals surface area contributed by atoms with E-state index in [9.17, 15) is 0 Å². The largest absolute Gasteiger partial charge is 0.394 e. The van der Waals surface area contributed by atoms with Crippen LogP contribution in [0, 0.1) is 0 Å². The Morgan fingerprint density at radius 3 is 2.18 bits per heavy atom. The molecule has 1 unspecified atom stereocenters. The Balaban J connectivity index is 4.00. The molecule has 0 aromatic carbocycles. The van der Waals surface area contributed by atoms with Gasteiger partial charge in [-0.15, -0.1) is 0 Å². The minimum atomic E-state index is -0.0178. The first-order valence-electron chi connectivity index (χ1n) is 4.42. The molecular weight excluding hydrogens is 138 g/mol. The van der Waals surface area contributed by atoms with E-state index >= 15 is 0 Å². The minimum absolute atomic E-state index is 0.0178. The van der Waals surface area contributed by atoms with Gasteiger partial charge in [-0.25, -0.2) is 0 Å². The van der Waals surface area contributed by atoms with E-state index in [1.165, 1.54) is 0 Å². The Hall–Kier alpha value is -0.0800. The van der Waals surface area contributed by atoms with Crippen LogP contribution in [-0.4, -0.2) is 35.7 Å². The molecule has 0 saturated carbocycles. The third kappa shape index (κ3) is 2.80. The van der Waals surface area contributed by atoms with Crippen LogP contribution in [0.4, 0.5) is 0 Å². The van der Waals surface area contributed by atoms with Gasteiger partial charge in [0, 0.05) is 5.54 Å². The zero-order valence-electron chi connectivity index (χ0n) is 8.22. The zero-order valence-corrected chi connectivity index (χ0v) is 8.22. The molecule has 0 heterocycles. The Labute approximate surface area is 70.2 Å². The molecule has 0 saturated heterocycles. The van der Waals surface area contributed by atoms with Crippen LogP contribution in [0.1, 0.15) is 33.6 Å². The number of hydrogen-bond donors (Lipinski definition) is 1. The van der Waals surface area contributed by atoms with Gasteiger partial charge in [0.05, 0.1) is 6.61 Å². The number of hydrogen-bond acceptors (Lipinski definition) is 2. The van der Waals surface area contributed by atoms with Crippen LogP contribution in [0.15, 0.2) is 0 Å². The molecule has 0 rings (SSSR count). The van der Waals surface area contributed by atoms with Crippen LogP contribution >= 0.6 is 0 Å². The van der Waals surface area contributed by atoms with E-state index in [0.29, 0.717) is 0 Å². The quantitative estimate of drug-likeness (QED) is 0.657. The maximum Gasteiger partial charge on any atom is 0.0612 e. The first kappa shape index (κ1) is 10.9. The van der Waals surface area contributed by atoms with Crippen molar-refractivity contribution in [3.8, 4) is 0 Å². The maximum absolute atomic E-state index is 9.14. The summed E-state index contributed by atoms with van der Waals surface area (Å²) in [6.07, 6.45) is 2.14. The zero-order chi connectivity index (χ0) is 8.91. The van der Waals surface area contributed by atoms with Crippen molar-refractivity contribution in [2.75, 3.05) is 20.2 Å². The van der Waals surface area contributed by atoms with Crippen LogP contribution in [0.5, 0.6) is 0 Å². The van der Waals surface area contributed by atoms with Gasteiger partial charge in [0.25, 0.3) is 0 Å². The predicted molar refractivity (Wildman–Crippen MR) is 48.7 cm³/mol. The number of aliphatic hydroxyl groups excluding tert-OH is 1. The number of nitrogens with zero attached hydrogens (tertiary/aromatic N) is 1. The second kappa shape index (κ2) is 4.73. The fraction of sp³-hybridized carbons (Fsp3) is 1.00. The average Bonchev–Trinajstić information content (AvgIpc) is 2.03. The standard InChI is InChI=1S/C9H21NO/c1-5-7-10(4)9(3,6-2)8-11/h11H,5-8H2,1-4H3. The summed E-state index contributed by atoms with van der Waals surface area (Å²) in [7, 11) is 2.07. The molecule has 0 aromatic heterocycles. The van der Waals surface area contributed by atoms with Crippen molar-refractivity contribution in [1.29, 1.82) is 0 Å². The number of rotatable bonds is 5. The highest BCUT2D eigenvalue weighted by Crippen LogP contribution is 2.16. The molecule has 0 amide bonds. The lowest BCUT2D eigenvalue weighted by molar-refractivity contribution is 0.0607. The van der Waals surface area contributed by atoms with Gasteiger partial charge in [0.2, 0.25) is 0 Å². The maximum atomic E-state index is 9.14. The molecule has 68 valence electrons. The molecule has 2 nitrogen and oxygen atoms in total. The highest BCUT2D eigenvalue weighted by Gasteiger charge is 2.25. The van der Waals surface area contributed by atoms with Crippen molar-refractivity contribution in [2.45, 2.75) is 39.2 Å². The molecule has 0 aromatic rings. The summed E-state index contributed by atoms with van der Waals surface area (Å²) in [6, 6.07) is 0. The second-order valence-corrected chi connectivity index (χ2v) is 3.43. The SMILES string of the molecule is CCCN(C)C(C)(CC)CO. The molecule has 0 bridgehead atoms. The molecule has 0 aliphatic heterocycles. The summed E-state index contributed by atoms with van der Waals surface area (Å²) in [5.41, 5.74) is -0.0178. The Morgan fingerprint density at radius 1 is 1.36 bits per heavy atom. The summed E-state index contributed by atoms with van der Waals surface area (Å²) in [4.78, 5) is 2.23. The molecule has 1 N–H and O–H groups in total. The first-order chi connectivity index (χ1) is 5.10. The Kier molecular flexibility index (Phi) is 4.69. The highest BCUT2D eigenvalue weighted by atomic mass is 16.3. The van der Waals surface area contributed by atoms with Crippen molar-refractivity contribution < 1.29 is 5.11 Å². The van der Waals surface area contributed by atoms with Crippen LogP contribution in [0.3, 0.4) is 0 Å². The fourth-order valence-corrected chi connectivity index (χ4v) is 1.11. The summed E-state index contributed by atoms with van der Waals surface area (Å²) >= 11 is 0. The van der Waals surface area contributed by atoms with E-state index in [4.69, 9.17) is 5.11 Å². The van der Waals surface area contributed by atoms with Gasteiger partial charge in [0.1, 0.15) is 0 Å². The lowest BCUT2D eigenvalue weighted by Gasteiger charge is -2.36. The molecule has 0 aliphatic rings. The minimum Gasteiger partial charge on any atom is -0.394 e. The van der Waals surface area contributed by atoms with E-state index in [1.54, 1.807) is 0 Å². The van der Waals surface area contributed by atoms with Gasteiger partial charge < -0.3 is 5.11 Å². The molecule has 0 spiro atoms. The lowest BCUT2D eigenvalue weighted by atomic mass is 9.98. The monoisotopic (exact) mass is 159 g/mol. The molecule has 0 fully saturated rings. The van der Waals surface area contributed by atoms with Gasteiger partial charge in [-0.2, -0.15) is 0 Å². The van der Waals surface area contributed by atoms with E-state index < -0.39 is 0 Å². The Bertz CT molecular complexity index is 99.7. The van der Waals surface area contributed by atoms with Gasteiger partial charge in [-0.1, -0.05) is 13.8 Å². The van der Waals surface area contributed by atoms with Crippen LogP contribution in [0.25, 0.3) is 0 Å². The van der Waals surface area contributed by atoms with Crippen molar-refractivity contribution in [3.63, 3.8) is 0 Å². The molecule has 11 heavy (non-hydrogen) atoms. The van der Waals surface area contributed by atoms with E-state index in [1.807, 2.05) is 0 Å². The number of aliphatic hydroxyl groups is 1. The predicted octanol–water partition coefficient (Wildman–Crippen LogP) is 1.49. The molecule has 2 heteroatoms. The third-order valence-corrected chi connectivity index (χ3v) is 2.58. The van der Waals surface area contributed by atoms with E-state index in [-0.39, 0.29) is 12.1 Å². The second-order valence-electron chi connectivity index (χ2n) is 3.43. The molecule has 0 radical (unpaired) electrons. The number of likely N-dealkylation sites (N-methyl/N-ethyl adjacent to an activating group) is 1. The molecular formula is C9H21NO. The van der Waals surface area contributed by atoms with Crippen LogP contribution in [-0.2, 0) is 0 Å². The van der Waals surface area contributed by atoms with Crippen molar-refractivity contribution in [1.82, 2.24) is 4.90 Å². The lowest BCUT2D eigenvalue weighted by Crippen LogP contribution is -2.46. The third-order valence-electron chi connectivity index (χ3n) is 2.58. The fourth-order valence-electron chi connectivity index (χ4n) is 1.11. The first-order valence-corrected chi connectivity index (χ1v) is 4.42. The summed E-state index contributed by atoms with van der Waals surface area (Å²) in [5, 5.41) is 9.14. The molecule has 0 aliphatic carbocycles. The highest BCUT2D eigenvalue weighted by molar-refractivity contribution is 4.81. The Morgan fingerprint density at radius 2 is 1.91 bits per heavy atom. The van der Waals surface area contributed by atoms with Gasteiger partial charge >= 0.3 is 0 Å². The summed E-state index contributed by atoms with van der Waals surface area (Å²) < 4.78 is 0. The van der Waals surface area contributed by atoms with Crippen LogP contribution < -0.4 is 0 Å². The average molecular weight is 159 g/mol. The summed E-state index contributed by atoms with van der Waals surface area (Å²) in [6.45, 7) is 7.68. The van der Waals surface area contributed by atoms with Crippen LogP contribution in [0.2, 0.25) is 0 Å².